The predicted octanol–water partition coefficient (Wildman–Crippen LogP) is 5.32. The maximum Gasteiger partial charge on any atom is 0.220 e. The summed E-state index contributed by atoms with van der Waals surface area (Å²) >= 11 is 0. The topological polar surface area (TPSA) is 228 Å². The molecule has 12 unspecified atom stereocenters. The van der Waals surface area contributed by atoms with E-state index >= 15 is 0 Å². The number of aliphatic hydroxyl groups is 8. The summed E-state index contributed by atoms with van der Waals surface area (Å²) in [5.74, 6) is -0.250. The summed E-state index contributed by atoms with van der Waals surface area (Å²) in [7, 11) is 0. The Hall–Kier alpha value is -2.05. The minimum absolute atomic E-state index is 0.250. The largest absolute Gasteiger partial charge is 0.394 e. The number of carbonyl (C=O) groups excluding carboxylic acids is 1. The molecule has 1 amide bonds. The van der Waals surface area contributed by atoms with Crippen LogP contribution in [0, 0.1) is 0 Å². The number of nitrogens with one attached hydrogen (secondary N) is 1. The van der Waals surface area contributed by atoms with E-state index in [9.17, 15) is 45.6 Å². The van der Waals surface area contributed by atoms with Crippen molar-refractivity contribution in [2.45, 2.75) is 229 Å². The molecular weight excluding hydrogens is 799 g/mol. The number of allylic oxidation sites excluding steroid dienone is 8. The molecule has 0 spiro atoms. The van der Waals surface area contributed by atoms with Gasteiger partial charge in [-0.15, -0.1) is 0 Å². The summed E-state index contributed by atoms with van der Waals surface area (Å²) in [6.07, 6.45) is 22.6. The number of aliphatic hydroxyl groups excluding tert-OH is 8. The van der Waals surface area contributed by atoms with Gasteiger partial charge in [-0.05, 0) is 51.4 Å². The molecule has 2 heterocycles. The van der Waals surface area contributed by atoms with E-state index in [0.717, 1.165) is 64.2 Å². The van der Waals surface area contributed by atoms with Gasteiger partial charge in [0, 0.05) is 6.42 Å². The van der Waals surface area contributed by atoms with Crippen molar-refractivity contribution in [1.82, 2.24) is 5.32 Å². The number of amides is 1. The number of rotatable bonds is 35. The lowest BCUT2D eigenvalue weighted by atomic mass is 9.97. The Morgan fingerprint density at radius 3 is 1.68 bits per heavy atom. The monoisotopic (exact) mass is 884 g/mol. The maximum atomic E-state index is 13.1. The quantitative estimate of drug-likeness (QED) is 0.0291. The van der Waals surface area contributed by atoms with Gasteiger partial charge in [0.05, 0.1) is 32.0 Å². The molecule has 0 saturated carbocycles. The van der Waals surface area contributed by atoms with Crippen molar-refractivity contribution in [3.63, 3.8) is 0 Å². The van der Waals surface area contributed by atoms with Crippen molar-refractivity contribution in [2.75, 3.05) is 19.8 Å². The highest BCUT2D eigenvalue weighted by atomic mass is 16.7. The standard InChI is InChI=1S/C48H85NO13/c1-3-5-7-9-11-13-15-17-18-20-22-24-26-28-30-32-40(53)49-36(37(52)31-29-27-25-23-21-19-16-14-12-10-8-6-4-2)35-59-47-45(58)43(56)46(39(34-51)61-47)62-48-44(57)42(55)41(54)38(33-50)60-48/h5,7,11,13,17-18,22,24,36-39,41-48,50-52,54-58H,3-4,6,8-10,12,14-16,19-21,23,25-35H2,1-2H3,(H,49,53)/b7-5-,13-11-,18-17-,24-22-. The molecule has 14 heteroatoms. The van der Waals surface area contributed by atoms with Crippen LogP contribution < -0.4 is 5.32 Å². The van der Waals surface area contributed by atoms with Gasteiger partial charge in [-0.1, -0.05) is 146 Å². The summed E-state index contributed by atoms with van der Waals surface area (Å²) < 4.78 is 22.7. The molecule has 0 aromatic heterocycles. The van der Waals surface area contributed by atoms with Gasteiger partial charge in [-0.25, -0.2) is 0 Å². The van der Waals surface area contributed by atoms with Gasteiger partial charge in [0.1, 0.15) is 48.8 Å². The number of hydrogen-bond acceptors (Lipinski definition) is 13. The zero-order valence-corrected chi connectivity index (χ0v) is 37.8. The van der Waals surface area contributed by atoms with Gasteiger partial charge in [-0.3, -0.25) is 4.79 Å². The molecule has 0 bridgehead atoms. The van der Waals surface area contributed by atoms with Crippen molar-refractivity contribution < 1.29 is 64.6 Å². The fourth-order valence-corrected chi connectivity index (χ4v) is 7.64. The average Bonchev–Trinajstić information content (AvgIpc) is 3.27. The molecule has 2 rings (SSSR count). The first kappa shape index (κ1) is 56.1. The molecular formula is C48H85NO13. The van der Waals surface area contributed by atoms with E-state index in [2.05, 4.69) is 67.8 Å². The van der Waals surface area contributed by atoms with E-state index in [0.29, 0.717) is 12.8 Å². The van der Waals surface area contributed by atoms with Gasteiger partial charge in [0.2, 0.25) is 5.91 Å². The van der Waals surface area contributed by atoms with E-state index in [4.69, 9.17) is 18.9 Å². The fraction of sp³-hybridized carbons (Fsp3) is 0.812. The summed E-state index contributed by atoms with van der Waals surface area (Å²) in [5, 5.41) is 86.7. The molecule has 2 fully saturated rings. The molecule has 2 aliphatic rings. The Morgan fingerprint density at radius 1 is 0.597 bits per heavy atom. The lowest BCUT2D eigenvalue weighted by Gasteiger charge is -2.46. The molecule has 0 aromatic rings. The molecule has 62 heavy (non-hydrogen) atoms. The van der Waals surface area contributed by atoms with Gasteiger partial charge in [-0.2, -0.15) is 0 Å². The molecule has 0 aliphatic carbocycles. The van der Waals surface area contributed by atoms with Crippen LogP contribution in [-0.2, 0) is 23.7 Å². The maximum absolute atomic E-state index is 13.1. The molecule has 2 saturated heterocycles. The van der Waals surface area contributed by atoms with Crippen LogP contribution in [0.2, 0.25) is 0 Å². The van der Waals surface area contributed by atoms with Crippen LogP contribution in [0.25, 0.3) is 0 Å². The lowest BCUT2D eigenvalue weighted by molar-refractivity contribution is -0.359. The van der Waals surface area contributed by atoms with Crippen LogP contribution >= 0.6 is 0 Å². The summed E-state index contributed by atoms with van der Waals surface area (Å²) in [6, 6.07) is -0.849. The zero-order valence-electron chi connectivity index (χ0n) is 37.8. The third-order valence-corrected chi connectivity index (χ3v) is 11.6. The second kappa shape index (κ2) is 35.2. The highest BCUT2D eigenvalue weighted by molar-refractivity contribution is 5.76. The normalized spacial score (nSPS) is 28.2. The smallest absolute Gasteiger partial charge is 0.220 e. The second-order valence-corrected chi connectivity index (χ2v) is 16.9. The number of carbonyl (C=O) groups is 1. The SMILES string of the molecule is CC/C=C\C/C=C\C/C=C\C/C=C\CCCCC(=O)NC(COC1OC(CO)C(OC2OC(CO)C(O)C(O)C2O)C(O)C1O)C(O)CCCCCCCCCCCCCCC. The van der Waals surface area contributed by atoms with Crippen molar-refractivity contribution in [2.24, 2.45) is 0 Å². The Bertz CT molecular complexity index is 1230. The number of hydrogen-bond donors (Lipinski definition) is 9. The van der Waals surface area contributed by atoms with Crippen molar-refractivity contribution >= 4 is 5.91 Å². The molecule has 14 nitrogen and oxygen atoms in total. The minimum Gasteiger partial charge on any atom is -0.394 e. The molecule has 0 aromatic carbocycles. The van der Waals surface area contributed by atoms with Gasteiger partial charge >= 0.3 is 0 Å². The van der Waals surface area contributed by atoms with Gasteiger partial charge < -0.3 is 65.1 Å². The van der Waals surface area contributed by atoms with E-state index in [1.54, 1.807) is 0 Å². The summed E-state index contributed by atoms with van der Waals surface area (Å²) in [4.78, 5) is 13.1. The lowest BCUT2D eigenvalue weighted by Crippen LogP contribution is -2.65. The van der Waals surface area contributed by atoms with E-state index in [-0.39, 0.29) is 18.9 Å². The van der Waals surface area contributed by atoms with Gasteiger partial charge in [0.25, 0.3) is 0 Å². The Balaban J connectivity index is 1.89. The average molecular weight is 884 g/mol. The first-order valence-electron chi connectivity index (χ1n) is 23.9. The highest BCUT2D eigenvalue weighted by Crippen LogP contribution is 2.30. The minimum atomic E-state index is -1.79. The van der Waals surface area contributed by atoms with E-state index < -0.39 is 86.8 Å². The Labute approximate surface area is 372 Å². The first-order chi connectivity index (χ1) is 30.1. The summed E-state index contributed by atoms with van der Waals surface area (Å²) in [5.41, 5.74) is 0. The first-order valence-corrected chi connectivity index (χ1v) is 23.9. The Kier molecular flexibility index (Phi) is 31.9. The van der Waals surface area contributed by atoms with Crippen LogP contribution in [0.1, 0.15) is 155 Å². The number of ether oxygens (including phenoxy) is 4. The van der Waals surface area contributed by atoms with Crippen molar-refractivity contribution in [3.05, 3.63) is 48.6 Å². The zero-order chi connectivity index (χ0) is 45.4. The fourth-order valence-electron chi connectivity index (χ4n) is 7.64. The van der Waals surface area contributed by atoms with Crippen LogP contribution in [-0.4, -0.2) is 140 Å². The van der Waals surface area contributed by atoms with Crippen LogP contribution in [0.4, 0.5) is 0 Å². The van der Waals surface area contributed by atoms with Crippen LogP contribution in [0.3, 0.4) is 0 Å². The summed E-state index contributed by atoms with van der Waals surface area (Å²) in [6.45, 7) is 2.68. The third kappa shape index (κ3) is 22.7. The van der Waals surface area contributed by atoms with E-state index in [1.807, 2.05) is 0 Å². The third-order valence-electron chi connectivity index (χ3n) is 11.6. The van der Waals surface area contributed by atoms with Crippen LogP contribution in [0.15, 0.2) is 48.6 Å². The molecule has 360 valence electrons. The van der Waals surface area contributed by atoms with Gasteiger partial charge in [0.15, 0.2) is 12.6 Å². The molecule has 0 radical (unpaired) electrons. The molecule has 12 atom stereocenters. The number of unbranched alkanes of at least 4 members (excludes halogenated alkanes) is 14. The van der Waals surface area contributed by atoms with Crippen molar-refractivity contribution in [3.8, 4) is 0 Å². The molecule has 2 aliphatic heterocycles. The Morgan fingerprint density at radius 2 is 1.11 bits per heavy atom. The predicted molar refractivity (Wildman–Crippen MR) is 240 cm³/mol. The highest BCUT2D eigenvalue weighted by Gasteiger charge is 2.51. The van der Waals surface area contributed by atoms with Crippen LogP contribution in [0.5, 0.6) is 0 Å². The molecule has 9 N–H and O–H groups in total. The second-order valence-electron chi connectivity index (χ2n) is 16.9. The van der Waals surface area contributed by atoms with E-state index in [1.165, 1.54) is 57.8 Å². The van der Waals surface area contributed by atoms with Crippen molar-refractivity contribution in [1.29, 1.82) is 0 Å².